The number of benzene rings is 1. The Balaban J connectivity index is 1.77. The third-order valence-electron chi connectivity index (χ3n) is 7.15. The summed E-state index contributed by atoms with van der Waals surface area (Å²) in [5, 5.41) is 9.42. The zero-order valence-electron chi connectivity index (χ0n) is 21.8. The molecule has 10 heteroatoms. The van der Waals surface area contributed by atoms with Gasteiger partial charge in [0.1, 0.15) is 17.3 Å². The van der Waals surface area contributed by atoms with Gasteiger partial charge < -0.3 is 4.90 Å². The molecule has 0 spiro atoms. The van der Waals surface area contributed by atoms with Gasteiger partial charge in [0, 0.05) is 32.2 Å². The van der Waals surface area contributed by atoms with E-state index in [1.807, 2.05) is 18.7 Å². The van der Waals surface area contributed by atoms with Crippen molar-refractivity contribution in [3.05, 3.63) is 63.7 Å². The van der Waals surface area contributed by atoms with Crippen LogP contribution in [0.4, 0.5) is 19.0 Å². The van der Waals surface area contributed by atoms with Crippen LogP contribution in [0.3, 0.4) is 0 Å². The van der Waals surface area contributed by atoms with Gasteiger partial charge in [-0.2, -0.15) is 23.4 Å². The number of aryl methyl sites for hydroxylation is 1. The predicted molar refractivity (Wildman–Crippen MR) is 139 cm³/mol. The van der Waals surface area contributed by atoms with Gasteiger partial charge in [-0.25, -0.2) is 9.78 Å². The highest BCUT2D eigenvalue weighted by Gasteiger charge is 2.38. The fourth-order valence-electron chi connectivity index (χ4n) is 5.18. The largest absolute Gasteiger partial charge is 0.416 e. The second-order valence-electron chi connectivity index (χ2n) is 9.32. The predicted octanol–water partition coefficient (Wildman–Crippen LogP) is 4.66. The molecule has 0 bridgehead atoms. The van der Waals surface area contributed by atoms with E-state index in [9.17, 15) is 23.2 Å². The minimum Gasteiger partial charge on any atom is -0.348 e. The zero-order valence-corrected chi connectivity index (χ0v) is 21.8. The van der Waals surface area contributed by atoms with E-state index in [0.29, 0.717) is 36.4 Å². The molecule has 0 saturated carbocycles. The highest BCUT2D eigenvalue weighted by atomic mass is 19.4. The maximum atomic E-state index is 13.1. The number of aromatic nitrogens is 3. The third-order valence-corrected chi connectivity index (χ3v) is 7.15. The van der Waals surface area contributed by atoms with Crippen molar-refractivity contribution in [3.63, 3.8) is 0 Å². The Labute approximate surface area is 219 Å². The molecule has 0 amide bonds. The lowest BCUT2D eigenvalue weighted by Gasteiger charge is -2.48. The molecule has 3 aromatic rings. The molecule has 1 fully saturated rings. The van der Waals surface area contributed by atoms with Crippen LogP contribution in [0.25, 0.3) is 11.0 Å². The maximum absolute atomic E-state index is 13.1. The Kier molecular flexibility index (Phi) is 7.75. The summed E-state index contributed by atoms with van der Waals surface area (Å²) in [6, 6.07) is 10.2. The lowest BCUT2D eigenvalue weighted by molar-refractivity contribution is -0.137. The van der Waals surface area contributed by atoms with Crippen LogP contribution in [0.1, 0.15) is 56.5 Å². The second-order valence-corrected chi connectivity index (χ2v) is 9.32. The summed E-state index contributed by atoms with van der Waals surface area (Å²) in [4.78, 5) is 25.9. The molecule has 2 aromatic heterocycles. The third kappa shape index (κ3) is 5.09. The molecule has 1 aliphatic rings. The molecule has 1 saturated heterocycles. The molecule has 0 N–H and O–H groups in total. The standard InChI is InChI=1S/C28H29F3N6O/c1-5-8-22-17-37(26-25-24(35(4)27(38)34-26)14-13-20(15-32)33-25)21(6-2)16-36(22)23(7-3)18-9-11-19(12-10-18)28(29,30)31/h9-14,21-23H,6-7,16-17H2,1-4H3/t21-,22+,23?/m0/s1. The summed E-state index contributed by atoms with van der Waals surface area (Å²) in [7, 11) is 1.62. The summed E-state index contributed by atoms with van der Waals surface area (Å²) < 4.78 is 40.8. The number of hydrogen-bond donors (Lipinski definition) is 0. The van der Waals surface area contributed by atoms with E-state index in [0.717, 1.165) is 24.1 Å². The number of hydrogen-bond acceptors (Lipinski definition) is 6. The van der Waals surface area contributed by atoms with Crippen molar-refractivity contribution in [1.29, 1.82) is 5.26 Å². The number of piperazine rings is 1. The first-order valence-corrected chi connectivity index (χ1v) is 12.5. The number of nitrogens with zero attached hydrogens (tertiary/aromatic N) is 6. The molecule has 3 heterocycles. The van der Waals surface area contributed by atoms with Gasteiger partial charge in [-0.05, 0) is 49.6 Å². The SMILES string of the molecule is CC#C[C@@H]1CN(c2nc(=O)n(C)c3ccc(C#N)nc23)[C@@H](CC)CN1C(CC)c1ccc(C(F)(F)F)cc1. The Morgan fingerprint density at radius 2 is 1.82 bits per heavy atom. The first kappa shape index (κ1) is 27.2. The first-order valence-electron chi connectivity index (χ1n) is 12.5. The highest BCUT2D eigenvalue weighted by Crippen LogP contribution is 2.35. The first-order chi connectivity index (χ1) is 18.1. The number of anilines is 1. The Morgan fingerprint density at radius 3 is 2.39 bits per heavy atom. The van der Waals surface area contributed by atoms with Crippen LogP contribution in [-0.2, 0) is 13.2 Å². The molecular formula is C28H29F3N6O. The summed E-state index contributed by atoms with van der Waals surface area (Å²) in [5.74, 6) is 6.68. The topological polar surface area (TPSA) is 78.0 Å². The number of alkyl halides is 3. The molecule has 1 unspecified atom stereocenters. The average molecular weight is 523 g/mol. The summed E-state index contributed by atoms with van der Waals surface area (Å²) in [5.41, 5.74) is 0.964. The van der Waals surface area contributed by atoms with Crippen molar-refractivity contribution in [2.24, 2.45) is 7.05 Å². The van der Waals surface area contributed by atoms with Crippen molar-refractivity contribution in [2.75, 3.05) is 18.0 Å². The number of nitriles is 1. The molecule has 0 aliphatic carbocycles. The van der Waals surface area contributed by atoms with Crippen LogP contribution >= 0.6 is 0 Å². The summed E-state index contributed by atoms with van der Waals surface area (Å²) in [6.45, 7) is 6.78. The number of pyridine rings is 1. The minimum absolute atomic E-state index is 0.0660. The molecular weight excluding hydrogens is 493 g/mol. The molecule has 1 aromatic carbocycles. The Hall–Kier alpha value is -3.89. The van der Waals surface area contributed by atoms with Crippen molar-refractivity contribution in [1.82, 2.24) is 19.4 Å². The van der Waals surface area contributed by atoms with Gasteiger partial charge in [-0.15, -0.1) is 5.92 Å². The summed E-state index contributed by atoms with van der Waals surface area (Å²) >= 11 is 0. The van der Waals surface area contributed by atoms with Crippen LogP contribution in [0.2, 0.25) is 0 Å². The van der Waals surface area contributed by atoms with Crippen LogP contribution in [0.15, 0.2) is 41.2 Å². The van der Waals surface area contributed by atoms with Gasteiger partial charge in [0.15, 0.2) is 5.82 Å². The molecule has 38 heavy (non-hydrogen) atoms. The summed E-state index contributed by atoms with van der Waals surface area (Å²) in [6.07, 6.45) is -2.98. The normalized spacial score (nSPS) is 19.1. The molecule has 4 rings (SSSR count). The van der Waals surface area contributed by atoms with Gasteiger partial charge in [0.2, 0.25) is 0 Å². The monoisotopic (exact) mass is 522 g/mol. The van der Waals surface area contributed by atoms with Crippen molar-refractivity contribution in [2.45, 2.75) is 57.9 Å². The van der Waals surface area contributed by atoms with E-state index < -0.39 is 17.4 Å². The fraction of sp³-hybridized carbons (Fsp3) is 0.429. The smallest absolute Gasteiger partial charge is 0.348 e. The minimum atomic E-state index is -4.39. The van der Waals surface area contributed by atoms with Crippen molar-refractivity contribution < 1.29 is 13.2 Å². The van der Waals surface area contributed by atoms with Gasteiger partial charge in [-0.3, -0.25) is 9.47 Å². The van der Waals surface area contributed by atoms with Gasteiger partial charge in [0.05, 0.1) is 17.1 Å². The van der Waals surface area contributed by atoms with Gasteiger partial charge >= 0.3 is 11.9 Å². The molecule has 3 atom stereocenters. The quantitative estimate of drug-likeness (QED) is 0.454. The maximum Gasteiger partial charge on any atom is 0.416 e. The van der Waals surface area contributed by atoms with Crippen LogP contribution < -0.4 is 10.6 Å². The average Bonchev–Trinajstić information content (AvgIpc) is 2.91. The van der Waals surface area contributed by atoms with E-state index >= 15 is 0 Å². The molecule has 7 nitrogen and oxygen atoms in total. The Morgan fingerprint density at radius 1 is 1.11 bits per heavy atom. The van der Waals surface area contributed by atoms with Crippen LogP contribution in [0, 0.1) is 23.2 Å². The lowest BCUT2D eigenvalue weighted by atomic mass is 9.95. The Bertz CT molecular complexity index is 1480. The van der Waals surface area contributed by atoms with Gasteiger partial charge in [0.25, 0.3) is 0 Å². The van der Waals surface area contributed by atoms with Crippen LogP contribution in [-0.4, -0.2) is 44.6 Å². The number of rotatable bonds is 5. The highest BCUT2D eigenvalue weighted by molar-refractivity contribution is 5.86. The van der Waals surface area contributed by atoms with Crippen molar-refractivity contribution >= 4 is 16.9 Å². The number of fused-ring (bicyclic) bond motifs is 1. The zero-order chi connectivity index (χ0) is 27.6. The van der Waals surface area contributed by atoms with E-state index in [4.69, 9.17) is 0 Å². The lowest BCUT2D eigenvalue weighted by Crippen LogP contribution is -2.59. The van der Waals surface area contributed by atoms with Gasteiger partial charge in [-0.1, -0.05) is 31.9 Å². The van der Waals surface area contributed by atoms with E-state index in [1.54, 1.807) is 38.2 Å². The fourth-order valence-corrected chi connectivity index (χ4v) is 5.18. The van der Waals surface area contributed by atoms with Crippen LogP contribution in [0.5, 0.6) is 0 Å². The molecule has 198 valence electrons. The second kappa shape index (κ2) is 10.8. The van der Waals surface area contributed by atoms with E-state index in [-0.39, 0.29) is 23.8 Å². The number of halogens is 3. The van der Waals surface area contributed by atoms with E-state index in [2.05, 4.69) is 32.8 Å². The molecule has 1 aliphatic heterocycles. The van der Waals surface area contributed by atoms with Crippen molar-refractivity contribution in [3.8, 4) is 17.9 Å². The molecule has 0 radical (unpaired) electrons. The van der Waals surface area contributed by atoms with E-state index in [1.165, 1.54) is 4.57 Å².